The molecule has 0 bridgehead atoms. The van der Waals surface area contributed by atoms with Crippen LogP contribution in [0.2, 0.25) is 0 Å². The maximum Gasteiger partial charge on any atom is 0.266 e. The lowest BCUT2D eigenvalue weighted by Gasteiger charge is -2.27. The summed E-state index contributed by atoms with van der Waals surface area (Å²) >= 11 is 6.69. The van der Waals surface area contributed by atoms with E-state index in [0.29, 0.717) is 21.5 Å². The van der Waals surface area contributed by atoms with Gasteiger partial charge in [0.25, 0.3) is 5.91 Å². The first-order valence-corrected chi connectivity index (χ1v) is 9.73. The van der Waals surface area contributed by atoms with Crippen molar-refractivity contribution < 1.29 is 19.4 Å². The van der Waals surface area contributed by atoms with Crippen LogP contribution in [0.4, 0.5) is 0 Å². The number of rotatable bonds is 6. The fourth-order valence-corrected chi connectivity index (χ4v) is 4.21. The van der Waals surface area contributed by atoms with Gasteiger partial charge in [-0.25, -0.2) is 0 Å². The molecule has 0 unspecified atom stereocenters. The normalized spacial score (nSPS) is 20.2. The average Bonchev–Trinajstić information content (AvgIpc) is 2.91. The third-order valence-electron chi connectivity index (χ3n) is 4.33. The van der Waals surface area contributed by atoms with Crippen LogP contribution in [0, 0.1) is 0 Å². The topological polar surface area (TPSA) is 62.2 Å². The first kappa shape index (κ1) is 19.2. The van der Waals surface area contributed by atoms with Gasteiger partial charge < -0.3 is 14.6 Å². The maximum absolute atomic E-state index is 12.7. The van der Waals surface area contributed by atoms with Crippen molar-refractivity contribution in [2.75, 3.05) is 46.5 Å². The number of thioether (sulfide) groups is 1. The summed E-state index contributed by atoms with van der Waals surface area (Å²) < 4.78 is 11.0. The number of phenols is 1. The van der Waals surface area contributed by atoms with Crippen LogP contribution in [0.25, 0.3) is 6.08 Å². The molecule has 0 spiro atoms. The molecule has 2 aliphatic rings. The number of phenolic OH excluding ortho intramolecular Hbond substituents is 1. The lowest BCUT2D eigenvalue weighted by molar-refractivity contribution is -0.122. The number of aromatic hydroxyl groups is 1. The summed E-state index contributed by atoms with van der Waals surface area (Å²) in [6.07, 6.45) is 2.66. The molecule has 0 saturated carbocycles. The number of morpholine rings is 1. The van der Waals surface area contributed by atoms with Crippen molar-refractivity contribution in [2.45, 2.75) is 6.42 Å². The number of thiocarbonyl (C=S) groups is 1. The lowest BCUT2D eigenvalue weighted by atomic mass is 10.2. The fourth-order valence-electron chi connectivity index (χ4n) is 2.91. The zero-order valence-corrected chi connectivity index (χ0v) is 16.3. The molecule has 1 N–H and O–H groups in total. The number of benzene rings is 1. The van der Waals surface area contributed by atoms with E-state index in [9.17, 15) is 9.90 Å². The zero-order valence-electron chi connectivity index (χ0n) is 14.6. The molecule has 1 aromatic rings. The SMILES string of the molecule is COc1cc(C=C2SC(=S)N(CCCN3CCOCC3)C2=O)ccc1O. The number of carbonyl (C=O) groups is 1. The van der Waals surface area contributed by atoms with Gasteiger partial charge in [0.2, 0.25) is 0 Å². The lowest BCUT2D eigenvalue weighted by Crippen LogP contribution is -2.38. The first-order chi connectivity index (χ1) is 12.6. The zero-order chi connectivity index (χ0) is 18.5. The molecule has 0 aromatic heterocycles. The van der Waals surface area contributed by atoms with Crippen LogP contribution in [-0.2, 0) is 9.53 Å². The van der Waals surface area contributed by atoms with Crippen LogP contribution in [0.1, 0.15) is 12.0 Å². The summed E-state index contributed by atoms with van der Waals surface area (Å²) in [4.78, 5) is 17.3. The highest BCUT2D eigenvalue weighted by Gasteiger charge is 2.31. The van der Waals surface area contributed by atoms with Crippen molar-refractivity contribution in [3.05, 3.63) is 28.7 Å². The van der Waals surface area contributed by atoms with Crippen LogP contribution >= 0.6 is 24.0 Å². The molecular weight excluding hydrogens is 372 g/mol. The largest absolute Gasteiger partial charge is 0.504 e. The van der Waals surface area contributed by atoms with Gasteiger partial charge in [0.05, 0.1) is 25.2 Å². The maximum atomic E-state index is 12.7. The highest BCUT2D eigenvalue weighted by atomic mass is 32.2. The molecule has 1 amide bonds. The summed E-state index contributed by atoms with van der Waals surface area (Å²) in [5, 5.41) is 9.68. The standard InChI is InChI=1S/C18H22N2O4S2/c1-23-15-11-13(3-4-14(15)21)12-16-17(22)20(18(25)26-16)6-2-5-19-7-9-24-10-8-19/h3-4,11-12,21H,2,5-10H2,1H3. The van der Waals surface area contributed by atoms with E-state index in [1.165, 1.54) is 18.9 Å². The van der Waals surface area contributed by atoms with E-state index in [1.807, 2.05) is 0 Å². The third-order valence-corrected chi connectivity index (χ3v) is 5.71. The average molecular weight is 395 g/mol. The Kier molecular flexibility index (Phi) is 6.53. The monoisotopic (exact) mass is 394 g/mol. The van der Waals surface area contributed by atoms with E-state index in [4.69, 9.17) is 21.7 Å². The van der Waals surface area contributed by atoms with Crippen molar-refractivity contribution in [1.29, 1.82) is 0 Å². The van der Waals surface area contributed by atoms with Crippen LogP contribution in [-0.4, -0.2) is 71.6 Å². The molecule has 2 saturated heterocycles. The number of methoxy groups -OCH3 is 1. The molecule has 26 heavy (non-hydrogen) atoms. The Morgan fingerprint density at radius 1 is 1.35 bits per heavy atom. The number of ether oxygens (including phenoxy) is 2. The van der Waals surface area contributed by atoms with Gasteiger partial charge >= 0.3 is 0 Å². The van der Waals surface area contributed by atoms with E-state index in [2.05, 4.69) is 4.90 Å². The number of hydrogen-bond donors (Lipinski definition) is 1. The van der Waals surface area contributed by atoms with Gasteiger partial charge in [-0.2, -0.15) is 0 Å². The summed E-state index contributed by atoms with van der Waals surface area (Å²) in [6.45, 7) is 5.01. The molecule has 0 radical (unpaired) electrons. The van der Waals surface area contributed by atoms with Crippen molar-refractivity contribution in [3.8, 4) is 11.5 Å². The van der Waals surface area contributed by atoms with Gasteiger partial charge in [-0.1, -0.05) is 30.0 Å². The second-order valence-electron chi connectivity index (χ2n) is 6.07. The van der Waals surface area contributed by atoms with Gasteiger partial charge in [-0.3, -0.25) is 14.6 Å². The van der Waals surface area contributed by atoms with E-state index >= 15 is 0 Å². The van der Waals surface area contributed by atoms with Crippen molar-refractivity contribution in [3.63, 3.8) is 0 Å². The Balaban J connectivity index is 1.60. The van der Waals surface area contributed by atoms with Crippen LogP contribution in [0.5, 0.6) is 11.5 Å². The van der Waals surface area contributed by atoms with E-state index in [1.54, 1.807) is 29.2 Å². The molecule has 8 heteroatoms. The minimum Gasteiger partial charge on any atom is -0.504 e. The second-order valence-corrected chi connectivity index (χ2v) is 7.75. The second kappa shape index (κ2) is 8.85. The van der Waals surface area contributed by atoms with Gasteiger partial charge in [0, 0.05) is 26.2 Å². The quantitative estimate of drug-likeness (QED) is 0.587. The van der Waals surface area contributed by atoms with Gasteiger partial charge in [-0.05, 0) is 30.2 Å². The van der Waals surface area contributed by atoms with Crippen molar-refractivity contribution in [2.24, 2.45) is 0 Å². The molecule has 0 atom stereocenters. The molecule has 1 aromatic carbocycles. The Morgan fingerprint density at radius 2 is 2.12 bits per heavy atom. The molecule has 2 fully saturated rings. The van der Waals surface area contributed by atoms with Crippen molar-refractivity contribution >= 4 is 40.3 Å². The highest BCUT2D eigenvalue weighted by molar-refractivity contribution is 8.26. The predicted molar refractivity (Wildman–Crippen MR) is 106 cm³/mol. The molecule has 2 aliphatic heterocycles. The van der Waals surface area contributed by atoms with E-state index in [0.717, 1.165) is 44.8 Å². The minimum atomic E-state index is -0.0611. The highest BCUT2D eigenvalue weighted by Crippen LogP contribution is 2.34. The van der Waals surface area contributed by atoms with Gasteiger partial charge in [0.1, 0.15) is 4.32 Å². The van der Waals surface area contributed by atoms with Crippen molar-refractivity contribution in [1.82, 2.24) is 9.80 Å². The van der Waals surface area contributed by atoms with Crippen LogP contribution in [0.3, 0.4) is 0 Å². The van der Waals surface area contributed by atoms with Gasteiger partial charge in [-0.15, -0.1) is 0 Å². The summed E-state index contributed by atoms with van der Waals surface area (Å²) in [5.41, 5.74) is 0.786. The number of amides is 1. The summed E-state index contributed by atoms with van der Waals surface area (Å²) in [5.74, 6) is 0.383. The number of carbonyl (C=O) groups excluding carboxylic acids is 1. The Hall–Kier alpha value is -1.61. The smallest absolute Gasteiger partial charge is 0.266 e. The number of hydrogen-bond acceptors (Lipinski definition) is 7. The Labute approximate surface area is 162 Å². The number of nitrogens with zero attached hydrogens (tertiary/aromatic N) is 2. The first-order valence-electron chi connectivity index (χ1n) is 8.51. The molecule has 6 nitrogen and oxygen atoms in total. The summed E-state index contributed by atoms with van der Waals surface area (Å²) in [7, 11) is 1.49. The molecule has 140 valence electrons. The predicted octanol–water partition coefficient (Wildman–Crippen LogP) is 2.32. The third kappa shape index (κ3) is 4.56. The Bertz CT molecular complexity index is 717. The van der Waals surface area contributed by atoms with Crippen LogP contribution < -0.4 is 4.74 Å². The van der Waals surface area contributed by atoms with Crippen LogP contribution in [0.15, 0.2) is 23.1 Å². The molecule has 0 aliphatic carbocycles. The summed E-state index contributed by atoms with van der Waals surface area (Å²) in [6, 6.07) is 4.98. The molecule has 3 rings (SSSR count). The minimum absolute atomic E-state index is 0.0611. The van der Waals surface area contributed by atoms with E-state index < -0.39 is 0 Å². The molecule has 2 heterocycles. The van der Waals surface area contributed by atoms with E-state index in [-0.39, 0.29) is 11.7 Å². The fraction of sp³-hybridized carbons (Fsp3) is 0.444. The molecular formula is C18H22N2O4S2. The Morgan fingerprint density at radius 3 is 2.85 bits per heavy atom. The van der Waals surface area contributed by atoms with Gasteiger partial charge in [0.15, 0.2) is 11.5 Å².